The minimum atomic E-state index is -2.03. The van der Waals surface area contributed by atoms with Crippen molar-refractivity contribution >= 4 is 17.9 Å². The molecule has 0 radical (unpaired) electrons. The summed E-state index contributed by atoms with van der Waals surface area (Å²) in [5.74, 6) is -4.24. The number of hydrogen-bond donors (Lipinski definition) is 3. The molecule has 0 amide bonds. The molecule has 0 aromatic carbocycles. The molecule has 0 aromatic heterocycles. The van der Waals surface area contributed by atoms with Crippen LogP contribution in [0.5, 0.6) is 0 Å². The molecule has 0 saturated carbocycles. The van der Waals surface area contributed by atoms with Crippen molar-refractivity contribution in [2.24, 2.45) is 11.8 Å². The largest absolute Gasteiger partial charge is 0.458 e. The summed E-state index contributed by atoms with van der Waals surface area (Å²) in [4.78, 5) is 36.6. The van der Waals surface area contributed by atoms with Gasteiger partial charge in [-0.1, -0.05) is 39.5 Å². The predicted molar refractivity (Wildman–Crippen MR) is 120 cm³/mol. The van der Waals surface area contributed by atoms with Crippen molar-refractivity contribution < 1.29 is 43.9 Å². The number of hydrogen-bond acceptors (Lipinski definition) is 9. The molecule has 1 aliphatic heterocycles. The minimum absolute atomic E-state index is 0.522. The van der Waals surface area contributed by atoms with Gasteiger partial charge in [0.05, 0.1) is 18.1 Å². The second-order valence-electron chi connectivity index (χ2n) is 9.17. The third-order valence-electron chi connectivity index (χ3n) is 6.13. The van der Waals surface area contributed by atoms with E-state index in [2.05, 4.69) is 6.92 Å². The number of rotatable bonds is 9. The Labute approximate surface area is 196 Å². The van der Waals surface area contributed by atoms with E-state index in [1.54, 1.807) is 0 Å². The Bertz CT molecular complexity index is 687. The Kier molecular flexibility index (Phi) is 11.5. The highest BCUT2D eigenvalue weighted by molar-refractivity contribution is 5.82. The Morgan fingerprint density at radius 2 is 1.82 bits per heavy atom. The van der Waals surface area contributed by atoms with Gasteiger partial charge in [0.1, 0.15) is 23.9 Å². The summed E-state index contributed by atoms with van der Waals surface area (Å²) in [7, 11) is 0. The Hall–Kier alpha value is -1.97. The number of cyclic esters (lactones) is 1. The molecule has 1 rings (SSSR count). The van der Waals surface area contributed by atoms with Gasteiger partial charge in [0, 0.05) is 18.9 Å². The molecule has 0 aliphatic carbocycles. The molecule has 1 heterocycles. The first-order valence-electron chi connectivity index (χ1n) is 11.7. The Balaban J connectivity index is 3.01. The normalized spacial score (nSPS) is 34.0. The Morgan fingerprint density at radius 1 is 1.18 bits per heavy atom. The topological polar surface area (TPSA) is 140 Å². The maximum atomic E-state index is 12.6. The van der Waals surface area contributed by atoms with Crippen LogP contribution in [0.4, 0.5) is 0 Å². The smallest absolute Gasteiger partial charge is 0.330 e. The van der Waals surface area contributed by atoms with E-state index in [-0.39, 0.29) is 0 Å². The van der Waals surface area contributed by atoms with Crippen LogP contribution in [0.15, 0.2) is 12.2 Å². The second-order valence-corrected chi connectivity index (χ2v) is 9.17. The zero-order valence-corrected chi connectivity index (χ0v) is 20.5. The maximum Gasteiger partial charge on any atom is 0.330 e. The van der Waals surface area contributed by atoms with Gasteiger partial charge in [-0.3, -0.25) is 9.59 Å². The zero-order valence-electron chi connectivity index (χ0n) is 20.5. The summed E-state index contributed by atoms with van der Waals surface area (Å²) < 4.78 is 16.1. The highest BCUT2D eigenvalue weighted by Gasteiger charge is 2.52. The van der Waals surface area contributed by atoms with E-state index in [4.69, 9.17) is 14.2 Å². The summed E-state index contributed by atoms with van der Waals surface area (Å²) in [6, 6.07) is 0. The van der Waals surface area contributed by atoms with Gasteiger partial charge in [-0.15, -0.1) is 0 Å². The van der Waals surface area contributed by atoms with E-state index < -0.39 is 65.9 Å². The van der Waals surface area contributed by atoms with Crippen molar-refractivity contribution in [2.45, 2.75) is 110 Å². The number of carbonyl (C=O) groups excluding carboxylic acids is 3. The van der Waals surface area contributed by atoms with Crippen LogP contribution in [0.2, 0.25) is 0 Å². The van der Waals surface area contributed by atoms with Crippen LogP contribution in [-0.2, 0) is 28.6 Å². The van der Waals surface area contributed by atoms with Crippen LogP contribution in [-0.4, -0.2) is 69.3 Å². The first kappa shape index (κ1) is 29.1. The lowest BCUT2D eigenvalue weighted by molar-refractivity contribution is -0.198. The standard InChI is InChI=1S/C24H40O9/c1-7-8-9-10-11-18(26)12-13-19(27)33-20-14(2)21(28)24(6,30)22(32-17(5)25)15(3)23(29)31-16(20)4/h12-16,18,20-22,26,28,30H,7-11H2,1-6H3/t14-,15-,16+,18?,20-,21+,22-,24-/m1/s1. The molecule has 9 heteroatoms. The summed E-state index contributed by atoms with van der Waals surface area (Å²) >= 11 is 0. The quantitative estimate of drug-likeness (QED) is 0.199. The molecule has 3 N–H and O–H groups in total. The number of unbranched alkanes of at least 4 members (excludes halogenated alkanes) is 3. The predicted octanol–water partition coefficient (Wildman–Crippen LogP) is 2.05. The summed E-state index contributed by atoms with van der Waals surface area (Å²) in [5.41, 5.74) is -2.03. The maximum absolute atomic E-state index is 12.6. The number of esters is 3. The molecule has 1 fully saturated rings. The lowest BCUT2D eigenvalue weighted by atomic mass is 9.78. The molecular weight excluding hydrogens is 432 g/mol. The zero-order chi connectivity index (χ0) is 25.3. The van der Waals surface area contributed by atoms with E-state index in [1.807, 2.05) is 0 Å². The highest BCUT2D eigenvalue weighted by atomic mass is 16.6. The fourth-order valence-electron chi connectivity index (χ4n) is 4.14. The molecule has 8 atom stereocenters. The van der Waals surface area contributed by atoms with Crippen molar-refractivity contribution in [2.75, 3.05) is 0 Å². The van der Waals surface area contributed by atoms with E-state index in [0.29, 0.717) is 6.42 Å². The van der Waals surface area contributed by atoms with Gasteiger partial charge >= 0.3 is 17.9 Å². The highest BCUT2D eigenvalue weighted by Crippen LogP contribution is 2.34. The molecule has 1 saturated heterocycles. The average molecular weight is 473 g/mol. The van der Waals surface area contributed by atoms with E-state index in [0.717, 1.165) is 38.7 Å². The van der Waals surface area contributed by atoms with Gasteiger partial charge in [0.25, 0.3) is 0 Å². The van der Waals surface area contributed by atoms with Gasteiger partial charge in [0.15, 0.2) is 0 Å². The van der Waals surface area contributed by atoms with Gasteiger partial charge in [-0.2, -0.15) is 0 Å². The van der Waals surface area contributed by atoms with Crippen LogP contribution < -0.4 is 0 Å². The number of aliphatic hydroxyl groups excluding tert-OH is 2. The molecule has 0 bridgehead atoms. The number of ether oxygens (including phenoxy) is 3. The molecule has 190 valence electrons. The molecule has 0 spiro atoms. The molecular formula is C24H40O9. The number of carbonyl (C=O) groups is 3. The molecule has 33 heavy (non-hydrogen) atoms. The van der Waals surface area contributed by atoms with Crippen LogP contribution in [0.3, 0.4) is 0 Å². The lowest BCUT2D eigenvalue weighted by Crippen LogP contribution is -2.58. The monoisotopic (exact) mass is 472 g/mol. The first-order valence-corrected chi connectivity index (χ1v) is 11.7. The summed E-state index contributed by atoms with van der Waals surface area (Å²) in [6.45, 7) is 8.96. The average Bonchev–Trinajstić information content (AvgIpc) is 2.75. The van der Waals surface area contributed by atoms with E-state index in [9.17, 15) is 29.7 Å². The van der Waals surface area contributed by atoms with Crippen LogP contribution >= 0.6 is 0 Å². The Morgan fingerprint density at radius 3 is 2.39 bits per heavy atom. The van der Waals surface area contributed by atoms with Crippen LogP contribution in [0.1, 0.15) is 73.6 Å². The van der Waals surface area contributed by atoms with Crippen LogP contribution in [0.25, 0.3) is 0 Å². The summed E-state index contributed by atoms with van der Waals surface area (Å²) in [5, 5.41) is 32.0. The van der Waals surface area contributed by atoms with E-state index in [1.165, 1.54) is 33.8 Å². The van der Waals surface area contributed by atoms with E-state index >= 15 is 0 Å². The molecule has 9 nitrogen and oxygen atoms in total. The van der Waals surface area contributed by atoms with Crippen molar-refractivity contribution in [3.05, 3.63) is 12.2 Å². The van der Waals surface area contributed by atoms with Crippen molar-refractivity contribution in [1.82, 2.24) is 0 Å². The minimum Gasteiger partial charge on any atom is -0.458 e. The SMILES string of the molecule is CCCCCCC(O)C=CC(=O)O[C@@H]1[C@@H](C)[C@H](O)[C@@](C)(O)[C@H](OC(C)=O)[C@@H](C)C(=O)O[C@H]1C. The fraction of sp³-hybridized carbons (Fsp3) is 0.792. The first-order chi connectivity index (χ1) is 15.3. The molecule has 1 unspecified atom stereocenters. The second kappa shape index (κ2) is 13.1. The van der Waals surface area contributed by atoms with Crippen molar-refractivity contribution in [3.8, 4) is 0 Å². The third-order valence-corrected chi connectivity index (χ3v) is 6.13. The van der Waals surface area contributed by atoms with Crippen molar-refractivity contribution in [1.29, 1.82) is 0 Å². The van der Waals surface area contributed by atoms with Gasteiger partial charge in [0.2, 0.25) is 0 Å². The lowest BCUT2D eigenvalue weighted by Gasteiger charge is -2.40. The van der Waals surface area contributed by atoms with Gasteiger partial charge in [-0.25, -0.2) is 4.79 Å². The van der Waals surface area contributed by atoms with Gasteiger partial charge in [-0.05, 0) is 33.3 Å². The third kappa shape index (κ3) is 8.39. The molecule has 0 aromatic rings. The molecule has 1 aliphatic rings. The fourth-order valence-corrected chi connectivity index (χ4v) is 4.14. The number of aliphatic hydroxyl groups is 3. The van der Waals surface area contributed by atoms with Crippen molar-refractivity contribution in [3.63, 3.8) is 0 Å². The van der Waals surface area contributed by atoms with Crippen LogP contribution in [0, 0.1) is 11.8 Å². The van der Waals surface area contributed by atoms with Gasteiger partial charge < -0.3 is 29.5 Å². The summed E-state index contributed by atoms with van der Waals surface area (Å²) in [6.07, 6.45) is 1.24.